The summed E-state index contributed by atoms with van der Waals surface area (Å²) in [5.74, 6) is 1.15. The maximum absolute atomic E-state index is 10.7. The van der Waals surface area contributed by atoms with Crippen molar-refractivity contribution in [3.8, 4) is 5.75 Å². The second-order valence-electron chi connectivity index (χ2n) is 6.56. The first-order chi connectivity index (χ1) is 10.2. The third-order valence-corrected chi connectivity index (χ3v) is 5.20. The van der Waals surface area contributed by atoms with E-state index >= 15 is 0 Å². The number of aliphatic hydroxyl groups is 1. The van der Waals surface area contributed by atoms with Crippen molar-refractivity contribution in [2.45, 2.75) is 56.7 Å². The summed E-state index contributed by atoms with van der Waals surface area (Å²) in [7, 11) is 1.66. The maximum atomic E-state index is 10.7. The third-order valence-electron chi connectivity index (χ3n) is 5.20. The molecule has 2 aliphatic rings. The summed E-state index contributed by atoms with van der Waals surface area (Å²) in [6.45, 7) is 0.790. The van der Waals surface area contributed by atoms with Gasteiger partial charge in [0.2, 0.25) is 0 Å². The molecule has 0 bridgehead atoms. The first-order valence-corrected chi connectivity index (χ1v) is 8.18. The van der Waals surface area contributed by atoms with Crippen molar-refractivity contribution in [1.29, 1.82) is 0 Å². The van der Waals surface area contributed by atoms with Crippen molar-refractivity contribution < 1.29 is 14.6 Å². The fourth-order valence-electron chi connectivity index (χ4n) is 3.95. The van der Waals surface area contributed by atoms with E-state index in [0.717, 1.165) is 30.8 Å². The average molecular weight is 290 g/mol. The molecule has 1 saturated carbocycles. The molecule has 3 nitrogen and oxygen atoms in total. The van der Waals surface area contributed by atoms with Gasteiger partial charge in [0, 0.05) is 6.61 Å². The summed E-state index contributed by atoms with van der Waals surface area (Å²) >= 11 is 0. The highest BCUT2D eigenvalue weighted by molar-refractivity contribution is 5.28. The first-order valence-electron chi connectivity index (χ1n) is 8.18. The van der Waals surface area contributed by atoms with E-state index in [-0.39, 0.29) is 5.60 Å². The molecule has 21 heavy (non-hydrogen) atoms. The minimum Gasteiger partial charge on any atom is -0.497 e. The van der Waals surface area contributed by atoms with Gasteiger partial charge in [0.1, 0.15) is 5.75 Å². The van der Waals surface area contributed by atoms with Crippen LogP contribution in [-0.2, 0) is 4.74 Å². The van der Waals surface area contributed by atoms with Crippen LogP contribution >= 0.6 is 0 Å². The normalized spacial score (nSPS) is 26.5. The molecule has 2 unspecified atom stereocenters. The quantitative estimate of drug-likeness (QED) is 0.918. The van der Waals surface area contributed by atoms with Crippen molar-refractivity contribution in [2.75, 3.05) is 13.7 Å². The number of rotatable bonds is 3. The minimum absolute atomic E-state index is 0.0502. The Balaban J connectivity index is 1.69. The smallest absolute Gasteiger partial charge is 0.118 e. The topological polar surface area (TPSA) is 38.7 Å². The van der Waals surface area contributed by atoms with Gasteiger partial charge in [0.25, 0.3) is 0 Å². The number of hydrogen-bond acceptors (Lipinski definition) is 3. The number of aliphatic hydroxyl groups excluding tert-OH is 1. The van der Waals surface area contributed by atoms with Crippen LogP contribution in [0.3, 0.4) is 0 Å². The fourth-order valence-corrected chi connectivity index (χ4v) is 3.95. The van der Waals surface area contributed by atoms with Crippen molar-refractivity contribution in [3.63, 3.8) is 0 Å². The molecule has 3 rings (SSSR count). The lowest BCUT2D eigenvalue weighted by Gasteiger charge is -2.44. The second-order valence-corrected chi connectivity index (χ2v) is 6.56. The lowest BCUT2D eigenvalue weighted by atomic mass is 9.74. The van der Waals surface area contributed by atoms with E-state index in [4.69, 9.17) is 9.47 Å². The molecule has 1 aliphatic carbocycles. The average Bonchev–Trinajstić information content (AvgIpc) is 2.55. The molecule has 1 N–H and O–H groups in total. The second kappa shape index (κ2) is 6.37. The molecule has 1 heterocycles. The zero-order valence-electron chi connectivity index (χ0n) is 12.9. The van der Waals surface area contributed by atoms with Crippen molar-refractivity contribution in [1.82, 2.24) is 0 Å². The van der Waals surface area contributed by atoms with Gasteiger partial charge >= 0.3 is 0 Å². The van der Waals surface area contributed by atoms with E-state index in [1.165, 1.54) is 32.1 Å². The number of benzene rings is 1. The molecule has 0 amide bonds. The molecule has 0 aromatic heterocycles. The van der Waals surface area contributed by atoms with Crippen LogP contribution in [0.15, 0.2) is 24.3 Å². The SMILES string of the molecule is COc1ccc(C(O)C2CCOC3(CCCCC3)C2)cc1. The van der Waals surface area contributed by atoms with Gasteiger partial charge in [0.05, 0.1) is 18.8 Å². The number of methoxy groups -OCH3 is 1. The number of hydrogen-bond donors (Lipinski definition) is 1. The van der Waals surface area contributed by atoms with E-state index in [1.807, 2.05) is 24.3 Å². The van der Waals surface area contributed by atoms with Crippen molar-refractivity contribution >= 4 is 0 Å². The van der Waals surface area contributed by atoms with Crippen LogP contribution in [0.1, 0.15) is 56.6 Å². The van der Waals surface area contributed by atoms with E-state index in [9.17, 15) is 5.11 Å². The fraction of sp³-hybridized carbons (Fsp3) is 0.667. The molecule has 2 fully saturated rings. The summed E-state index contributed by atoms with van der Waals surface area (Å²) < 4.78 is 11.3. The van der Waals surface area contributed by atoms with Gasteiger partial charge in [-0.15, -0.1) is 0 Å². The molecule has 0 radical (unpaired) electrons. The van der Waals surface area contributed by atoms with E-state index in [2.05, 4.69) is 0 Å². The Kier molecular flexibility index (Phi) is 4.51. The monoisotopic (exact) mass is 290 g/mol. The molecule has 116 valence electrons. The minimum atomic E-state index is -0.390. The Labute approximate surface area is 127 Å². The van der Waals surface area contributed by atoms with Gasteiger partial charge in [-0.05, 0) is 49.3 Å². The molecular weight excluding hydrogens is 264 g/mol. The van der Waals surface area contributed by atoms with Crippen LogP contribution in [0.25, 0.3) is 0 Å². The third kappa shape index (κ3) is 3.24. The van der Waals surface area contributed by atoms with Crippen molar-refractivity contribution in [3.05, 3.63) is 29.8 Å². The molecule has 1 spiro atoms. The largest absolute Gasteiger partial charge is 0.497 e. The van der Waals surface area contributed by atoms with Gasteiger partial charge in [-0.2, -0.15) is 0 Å². The van der Waals surface area contributed by atoms with Gasteiger partial charge in [-0.3, -0.25) is 0 Å². The molecule has 1 aromatic carbocycles. The molecular formula is C18H26O3. The zero-order chi connectivity index (χ0) is 14.7. The van der Waals surface area contributed by atoms with Gasteiger partial charge < -0.3 is 14.6 Å². The number of ether oxygens (including phenoxy) is 2. The van der Waals surface area contributed by atoms with E-state index in [1.54, 1.807) is 7.11 Å². The van der Waals surface area contributed by atoms with Crippen LogP contribution in [0, 0.1) is 5.92 Å². The lowest BCUT2D eigenvalue weighted by Crippen LogP contribution is -2.42. The summed E-state index contributed by atoms with van der Waals surface area (Å²) in [6.07, 6.45) is 7.76. The van der Waals surface area contributed by atoms with E-state index < -0.39 is 6.10 Å². The Hall–Kier alpha value is -1.06. The summed E-state index contributed by atoms with van der Waals surface area (Å²) in [4.78, 5) is 0. The Morgan fingerprint density at radius 1 is 1.19 bits per heavy atom. The molecule has 1 aromatic rings. The summed E-state index contributed by atoms with van der Waals surface area (Å²) in [5, 5.41) is 10.7. The maximum Gasteiger partial charge on any atom is 0.118 e. The van der Waals surface area contributed by atoms with E-state index in [0.29, 0.717) is 5.92 Å². The van der Waals surface area contributed by atoms with Crippen LogP contribution in [-0.4, -0.2) is 24.4 Å². The molecule has 1 aliphatic heterocycles. The highest BCUT2D eigenvalue weighted by Crippen LogP contribution is 2.44. The van der Waals surface area contributed by atoms with Crippen LogP contribution in [0.5, 0.6) is 5.75 Å². The van der Waals surface area contributed by atoms with Gasteiger partial charge in [-0.1, -0.05) is 31.4 Å². The standard InChI is InChI=1S/C18H26O3/c1-20-16-7-5-14(6-8-16)17(19)15-9-12-21-18(13-15)10-3-2-4-11-18/h5-8,15,17,19H,2-4,9-13H2,1H3. The summed E-state index contributed by atoms with van der Waals surface area (Å²) in [5.41, 5.74) is 1.04. The highest BCUT2D eigenvalue weighted by atomic mass is 16.5. The van der Waals surface area contributed by atoms with Crippen molar-refractivity contribution in [2.24, 2.45) is 5.92 Å². The molecule has 2 atom stereocenters. The lowest BCUT2D eigenvalue weighted by molar-refractivity contribution is -0.134. The van der Waals surface area contributed by atoms with Gasteiger partial charge in [-0.25, -0.2) is 0 Å². The zero-order valence-corrected chi connectivity index (χ0v) is 12.9. The predicted octanol–water partition coefficient (Wildman–Crippen LogP) is 3.86. The predicted molar refractivity (Wildman–Crippen MR) is 82.4 cm³/mol. The Morgan fingerprint density at radius 3 is 2.57 bits per heavy atom. The van der Waals surface area contributed by atoms with Gasteiger partial charge in [0.15, 0.2) is 0 Å². The Bertz CT molecular complexity index is 443. The first kappa shape index (κ1) is 14.9. The highest BCUT2D eigenvalue weighted by Gasteiger charge is 2.40. The summed E-state index contributed by atoms with van der Waals surface area (Å²) in [6, 6.07) is 7.81. The molecule has 1 saturated heterocycles. The Morgan fingerprint density at radius 2 is 1.90 bits per heavy atom. The molecule has 3 heteroatoms. The van der Waals surface area contributed by atoms with Crippen LogP contribution in [0.4, 0.5) is 0 Å². The van der Waals surface area contributed by atoms with Crippen LogP contribution < -0.4 is 4.74 Å². The van der Waals surface area contributed by atoms with Crippen LogP contribution in [0.2, 0.25) is 0 Å².